The summed E-state index contributed by atoms with van der Waals surface area (Å²) in [5, 5.41) is 0.855. The fourth-order valence-corrected chi connectivity index (χ4v) is 3.92. The van der Waals surface area contributed by atoms with E-state index in [1.54, 1.807) is 18.3 Å². The van der Waals surface area contributed by atoms with Gasteiger partial charge >= 0.3 is 6.29 Å². The van der Waals surface area contributed by atoms with Crippen molar-refractivity contribution in [1.82, 2.24) is 9.55 Å². The summed E-state index contributed by atoms with van der Waals surface area (Å²) in [6, 6.07) is 8.79. The lowest BCUT2D eigenvalue weighted by Crippen LogP contribution is -2.25. The third-order valence-electron chi connectivity index (χ3n) is 5.04. The summed E-state index contributed by atoms with van der Waals surface area (Å²) in [5.41, 5.74) is 12.0. The number of fused-ring (bicyclic) bond motifs is 4. The van der Waals surface area contributed by atoms with Crippen LogP contribution in [0.2, 0.25) is 0 Å². The van der Waals surface area contributed by atoms with Crippen LogP contribution in [0.1, 0.15) is 23.4 Å². The zero-order chi connectivity index (χ0) is 17.9. The number of benzene rings is 1. The fraction of sp³-hybridized carbons (Fsp3) is 0.316. The third kappa shape index (κ3) is 2.42. The molecule has 0 spiro atoms. The van der Waals surface area contributed by atoms with Crippen LogP contribution < -0.4 is 9.47 Å². The highest BCUT2D eigenvalue weighted by molar-refractivity contribution is 5.89. The average molecular weight is 356 g/mol. The minimum atomic E-state index is -3.63. The molecule has 0 bridgehead atoms. The van der Waals surface area contributed by atoms with E-state index in [0.717, 1.165) is 40.7 Å². The van der Waals surface area contributed by atoms with Crippen molar-refractivity contribution in [3.05, 3.63) is 59.2 Å². The van der Waals surface area contributed by atoms with E-state index in [1.165, 1.54) is 0 Å². The molecular weight excluding hydrogens is 340 g/mol. The van der Waals surface area contributed by atoms with Crippen LogP contribution in [0.4, 0.5) is 8.78 Å². The number of rotatable bonds is 2. The van der Waals surface area contributed by atoms with Crippen molar-refractivity contribution in [2.24, 2.45) is 0 Å². The van der Waals surface area contributed by atoms with Crippen LogP contribution >= 0.6 is 0 Å². The first kappa shape index (κ1) is 15.6. The smallest absolute Gasteiger partial charge is 0.586 e. The Bertz CT molecular complexity index is 1000. The van der Waals surface area contributed by atoms with Crippen LogP contribution in [0.5, 0.6) is 11.5 Å². The van der Waals surface area contributed by atoms with Crippen LogP contribution in [-0.4, -0.2) is 21.9 Å². The van der Waals surface area contributed by atoms with Gasteiger partial charge in [-0.15, -0.1) is 14.8 Å². The van der Waals surface area contributed by atoms with Gasteiger partial charge in [0.1, 0.15) is 0 Å². The van der Waals surface area contributed by atoms with Gasteiger partial charge in [-0.25, -0.2) is 0 Å². The van der Waals surface area contributed by atoms with Crippen molar-refractivity contribution < 1.29 is 18.3 Å². The molecule has 1 aliphatic heterocycles. The first-order valence-electron chi connectivity index (χ1n) is 8.55. The van der Waals surface area contributed by atoms with Crippen LogP contribution in [0.3, 0.4) is 0 Å². The van der Waals surface area contributed by atoms with E-state index in [2.05, 4.69) is 19.0 Å². The molecule has 2 aliphatic rings. The van der Waals surface area contributed by atoms with E-state index in [0.29, 0.717) is 13.0 Å². The number of ether oxygens (including phenoxy) is 2. The number of halogens is 2. The van der Waals surface area contributed by atoms with E-state index >= 15 is 0 Å². The van der Waals surface area contributed by atoms with Gasteiger partial charge in [-0.05, 0) is 36.6 Å². The van der Waals surface area contributed by atoms with Crippen LogP contribution in [0.25, 0.3) is 16.6 Å². The molecule has 1 unspecified atom stereocenters. The summed E-state index contributed by atoms with van der Waals surface area (Å²) >= 11 is 0. The number of hydrogen-bond donors (Lipinski definition) is 0. The molecule has 26 heavy (non-hydrogen) atoms. The Labute approximate surface area is 148 Å². The minimum Gasteiger partial charge on any atom is -0.674 e. The molecule has 2 aromatic heterocycles. The number of alkyl halides is 2. The summed E-state index contributed by atoms with van der Waals surface area (Å²) < 4.78 is 38.3. The van der Waals surface area contributed by atoms with Gasteiger partial charge in [0.15, 0.2) is 11.5 Å². The Morgan fingerprint density at radius 1 is 1.23 bits per heavy atom. The van der Waals surface area contributed by atoms with E-state index in [-0.39, 0.29) is 17.5 Å². The van der Waals surface area contributed by atoms with Crippen molar-refractivity contribution in [2.45, 2.75) is 38.1 Å². The lowest BCUT2D eigenvalue weighted by molar-refractivity contribution is -0.286. The second-order valence-electron chi connectivity index (χ2n) is 6.76. The number of pyridine rings is 1. The quantitative estimate of drug-likeness (QED) is 0.687. The van der Waals surface area contributed by atoms with E-state index < -0.39 is 6.29 Å². The van der Waals surface area contributed by atoms with Crippen molar-refractivity contribution in [3.8, 4) is 11.5 Å². The first-order chi connectivity index (χ1) is 12.5. The second-order valence-corrected chi connectivity index (χ2v) is 6.76. The molecule has 5 rings (SSSR count). The summed E-state index contributed by atoms with van der Waals surface area (Å²) in [6.45, 7) is 0.547. The fourth-order valence-electron chi connectivity index (χ4n) is 3.92. The van der Waals surface area contributed by atoms with Gasteiger partial charge in [0, 0.05) is 23.3 Å². The van der Waals surface area contributed by atoms with Crippen molar-refractivity contribution in [1.29, 1.82) is 0 Å². The molecule has 5 nitrogen and oxygen atoms in total. The third-order valence-corrected chi connectivity index (χ3v) is 5.04. The molecule has 0 saturated carbocycles. The van der Waals surface area contributed by atoms with Gasteiger partial charge in [-0.2, -0.15) is 0 Å². The molecule has 0 saturated heterocycles. The highest BCUT2D eigenvalue weighted by atomic mass is 19.3. The number of hydrogen-bond acceptors (Lipinski definition) is 3. The predicted molar refractivity (Wildman–Crippen MR) is 91.6 cm³/mol. The maximum Gasteiger partial charge on any atom is 0.586 e. The highest BCUT2D eigenvalue weighted by Crippen LogP contribution is 2.46. The molecule has 7 heteroatoms. The molecule has 0 amide bonds. The van der Waals surface area contributed by atoms with Crippen LogP contribution in [-0.2, 0) is 19.4 Å². The monoisotopic (exact) mass is 356 g/mol. The Morgan fingerprint density at radius 2 is 2.04 bits per heavy atom. The molecule has 1 aromatic carbocycles. The summed E-state index contributed by atoms with van der Waals surface area (Å²) in [6.07, 6.45) is 0.286. The second kappa shape index (κ2) is 5.41. The zero-order valence-electron chi connectivity index (χ0n) is 13.8. The van der Waals surface area contributed by atoms with E-state index in [4.69, 9.17) is 5.73 Å². The van der Waals surface area contributed by atoms with Crippen molar-refractivity contribution in [2.75, 3.05) is 0 Å². The lowest BCUT2D eigenvalue weighted by Gasteiger charge is -2.26. The maximum absolute atomic E-state index is 13.5. The molecule has 3 aromatic rings. The van der Waals surface area contributed by atoms with Crippen LogP contribution in [0.15, 0.2) is 36.5 Å². The molecule has 134 valence electrons. The van der Waals surface area contributed by atoms with Gasteiger partial charge in [-0.3, -0.25) is 4.98 Å². The Kier molecular flexibility index (Phi) is 3.24. The molecular formula is C19H16F2N3O2-. The van der Waals surface area contributed by atoms with Crippen molar-refractivity contribution >= 4 is 10.9 Å². The van der Waals surface area contributed by atoms with Gasteiger partial charge in [-0.1, -0.05) is 12.5 Å². The summed E-state index contributed by atoms with van der Waals surface area (Å²) in [7, 11) is 0. The van der Waals surface area contributed by atoms with Crippen molar-refractivity contribution in [3.63, 3.8) is 0 Å². The van der Waals surface area contributed by atoms with E-state index in [1.807, 2.05) is 18.2 Å². The topological polar surface area (TPSA) is 60.1 Å². The summed E-state index contributed by atoms with van der Waals surface area (Å²) in [4.78, 5) is 4.39. The average Bonchev–Trinajstić information content (AvgIpc) is 3.06. The Hall–Kier alpha value is -2.67. The van der Waals surface area contributed by atoms with E-state index in [9.17, 15) is 8.78 Å². The highest BCUT2D eigenvalue weighted by Gasteiger charge is 2.44. The Morgan fingerprint density at radius 3 is 2.81 bits per heavy atom. The standard InChI is InChI=1S/C19H16F2N3O2/c20-19(21)25-17-8-14-13-7-11(22)4-5-15(13)24(16(14)9-18(17)26-19)10-12-3-1-2-6-23-12/h1-3,6,8-9,11,22H,4-5,7,10H2/q-1. The largest absolute Gasteiger partial charge is 0.674 e. The lowest BCUT2D eigenvalue weighted by atomic mass is 9.92. The van der Waals surface area contributed by atoms with Gasteiger partial charge in [0.2, 0.25) is 0 Å². The van der Waals surface area contributed by atoms with Gasteiger partial charge in [0.25, 0.3) is 0 Å². The van der Waals surface area contributed by atoms with Gasteiger partial charge < -0.3 is 19.8 Å². The molecule has 1 atom stereocenters. The number of nitrogens with one attached hydrogen (secondary N) is 1. The number of nitrogens with zero attached hydrogens (tertiary/aromatic N) is 2. The summed E-state index contributed by atoms with van der Waals surface area (Å²) in [5.74, 6) is 0.0921. The minimum absolute atomic E-state index is 0.0436. The molecule has 1 aliphatic carbocycles. The molecule has 0 radical (unpaired) electrons. The SMILES string of the molecule is [NH-]C1CCc2c(c3cc4c(cc3n2Cc2ccccn2)OC(F)(F)O4)C1. The van der Waals surface area contributed by atoms with Crippen LogP contribution in [0, 0.1) is 0 Å². The normalized spacial score (nSPS) is 20.3. The number of aromatic nitrogens is 2. The molecule has 3 heterocycles. The Balaban J connectivity index is 1.70. The first-order valence-corrected chi connectivity index (χ1v) is 8.55. The zero-order valence-corrected chi connectivity index (χ0v) is 13.8. The molecule has 0 fully saturated rings. The molecule has 1 N–H and O–H groups in total. The predicted octanol–water partition coefficient (Wildman–Crippen LogP) is 4.32. The maximum atomic E-state index is 13.5. The van der Waals surface area contributed by atoms with Gasteiger partial charge in [0.05, 0.1) is 17.8 Å².